The smallest absolute Gasteiger partial charge is 0.264 e. The van der Waals surface area contributed by atoms with Gasteiger partial charge in [-0.25, -0.2) is 5.43 Å². The largest absolute Gasteiger partial charge is 0.270 e. The zero-order valence-corrected chi connectivity index (χ0v) is 3.82. The van der Waals surface area contributed by atoms with Crippen molar-refractivity contribution in [1.29, 1.82) is 0 Å². The van der Waals surface area contributed by atoms with Gasteiger partial charge in [-0.2, -0.15) is 0 Å². The minimum Gasteiger partial charge on any atom is -0.270 e. The van der Waals surface area contributed by atoms with Crippen molar-refractivity contribution in [3.05, 3.63) is 0 Å². The van der Waals surface area contributed by atoms with Crippen LogP contribution in [0.3, 0.4) is 0 Å². The van der Waals surface area contributed by atoms with Crippen molar-refractivity contribution < 1.29 is 10.6 Å². The summed E-state index contributed by atoms with van der Waals surface area (Å²) in [6.07, 6.45) is 0.517. The van der Waals surface area contributed by atoms with Crippen molar-refractivity contribution >= 4 is 5.91 Å². The fourth-order valence-corrected chi connectivity index (χ4v) is 0.125. The molecule has 1 amide bonds. The van der Waals surface area contributed by atoms with Crippen LogP contribution in [0.4, 0.5) is 0 Å². The maximum absolute atomic E-state index is 10.0. The lowest BCUT2D eigenvalue weighted by Crippen LogP contribution is -2.67. The summed E-state index contributed by atoms with van der Waals surface area (Å²) in [5.74, 6) is 3.14. The van der Waals surface area contributed by atoms with Gasteiger partial charge in [0.15, 0.2) is 0 Å². The second-order valence-electron chi connectivity index (χ2n) is 0.954. The minimum absolute atomic E-state index is 0.0185. The van der Waals surface area contributed by atoms with Crippen molar-refractivity contribution in [2.75, 3.05) is 0 Å². The minimum atomic E-state index is -0.0185. The quantitative estimate of drug-likeness (QED) is 0.384. The van der Waals surface area contributed by atoms with E-state index in [-0.39, 0.29) is 5.91 Å². The third kappa shape index (κ3) is 1.72. The van der Waals surface area contributed by atoms with Crippen LogP contribution >= 0.6 is 0 Å². The molecule has 0 aromatic rings. The summed E-state index contributed by atoms with van der Waals surface area (Å²) in [6.45, 7) is 1.78. The Labute approximate surface area is 36.5 Å². The molecule has 0 unspecified atom stereocenters. The average Bonchev–Trinajstić information content (AvgIpc) is 1.65. The topological polar surface area (TPSA) is 56.7 Å². The number of nitrogens with one attached hydrogen (secondary N) is 1. The maximum Gasteiger partial charge on any atom is 0.264 e. The van der Waals surface area contributed by atoms with Crippen LogP contribution in [0.25, 0.3) is 0 Å². The third-order valence-corrected chi connectivity index (χ3v) is 0.518. The highest BCUT2D eigenvalue weighted by atomic mass is 16.2. The Morgan fingerprint density at radius 2 is 2.50 bits per heavy atom. The zero-order valence-electron chi connectivity index (χ0n) is 3.82. The van der Waals surface area contributed by atoms with E-state index in [0.29, 0.717) is 6.42 Å². The lowest BCUT2D eigenvalue weighted by molar-refractivity contribution is -0.427. The van der Waals surface area contributed by atoms with Crippen LogP contribution in [-0.2, 0) is 4.79 Å². The second-order valence-corrected chi connectivity index (χ2v) is 0.954. The van der Waals surface area contributed by atoms with Gasteiger partial charge >= 0.3 is 0 Å². The predicted molar refractivity (Wildman–Crippen MR) is 21.3 cm³/mol. The van der Waals surface area contributed by atoms with Crippen LogP contribution < -0.4 is 11.3 Å². The summed E-state index contributed by atoms with van der Waals surface area (Å²) in [7, 11) is 0. The number of carbonyl (C=O) groups excluding carboxylic acids is 1. The molecular formula is C3H9N2O+. The van der Waals surface area contributed by atoms with E-state index in [4.69, 9.17) is 0 Å². The van der Waals surface area contributed by atoms with Crippen LogP contribution in [-0.4, -0.2) is 5.91 Å². The van der Waals surface area contributed by atoms with Crippen LogP contribution in [0.1, 0.15) is 13.3 Å². The molecular weight excluding hydrogens is 80.0 g/mol. The van der Waals surface area contributed by atoms with Crippen molar-refractivity contribution in [3.8, 4) is 0 Å². The van der Waals surface area contributed by atoms with Gasteiger partial charge in [0, 0.05) is 6.42 Å². The predicted octanol–water partition coefficient (Wildman–Crippen LogP) is -1.33. The molecule has 0 heterocycles. The molecule has 0 bridgehead atoms. The molecule has 0 spiro atoms. The van der Waals surface area contributed by atoms with Gasteiger partial charge in [-0.3, -0.25) is 10.6 Å². The van der Waals surface area contributed by atoms with Gasteiger partial charge in [0.1, 0.15) is 0 Å². The van der Waals surface area contributed by atoms with Gasteiger partial charge in [-0.1, -0.05) is 6.92 Å². The number of quaternary nitrogens is 1. The summed E-state index contributed by atoms with van der Waals surface area (Å²) < 4.78 is 0. The Bertz CT molecular complexity index is 46.8. The molecule has 0 aromatic carbocycles. The molecule has 6 heavy (non-hydrogen) atoms. The second kappa shape index (κ2) is 2.66. The molecule has 3 heteroatoms. The summed E-state index contributed by atoms with van der Waals surface area (Å²) in [5.41, 5.74) is 2.23. The highest BCUT2D eigenvalue weighted by Crippen LogP contribution is 1.66. The first-order chi connectivity index (χ1) is 2.81. The van der Waals surface area contributed by atoms with Gasteiger partial charge in [0.05, 0.1) is 0 Å². The molecule has 0 atom stereocenters. The molecule has 3 nitrogen and oxygen atoms in total. The number of amides is 1. The molecule has 0 rings (SSSR count). The Morgan fingerprint density at radius 1 is 2.00 bits per heavy atom. The molecule has 0 aliphatic heterocycles. The summed E-state index contributed by atoms with van der Waals surface area (Å²) in [6, 6.07) is 0. The van der Waals surface area contributed by atoms with Gasteiger partial charge < -0.3 is 0 Å². The number of carbonyl (C=O) groups is 1. The molecule has 4 N–H and O–H groups in total. The highest BCUT2D eigenvalue weighted by molar-refractivity contribution is 5.73. The number of rotatable bonds is 1. The average molecular weight is 89.1 g/mol. The molecule has 0 fully saturated rings. The van der Waals surface area contributed by atoms with E-state index in [9.17, 15) is 4.79 Å². The van der Waals surface area contributed by atoms with E-state index in [1.165, 1.54) is 0 Å². The maximum atomic E-state index is 10.0. The molecule has 0 radical (unpaired) electrons. The first-order valence-corrected chi connectivity index (χ1v) is 1.87. The normalized spacial score (nSPS) is 7.67. The third-order valence-electron chi connectivity index (χ3n) is 0.518. The van der Waals surface area contributed by atoms with E-state index >= 15 is 0 Å². The van der Waals surface area contributed by atoms with Crippen molar-refractivity contribution in [2.45, 2.75) is 13.3 Å². The van der Waals surface area contributed by atoms with E-state index in [1.807, 2.05) is 0 Å². The molecule has 0 aliphatic carbocycles. The summed E-state index contributed by atoms with van der Waals surface area (Å²) in [4.78, 5) is 10.0. The SMILES string of the molecule is CCC(=O)N[NH3+]. The first-order valence-electron chi connectivity index (χ1n) is 1.87. The Balaban J connectivity index is 2.99. The van der Waals surface area contributed by atoms with Crippen LogP contribution in [0.15, 0.2) is 0 Å². The molecule has 0 aliphatic rings. The fourth-order valence-electron chi connectivity index (χ4n) is 0.125. The van der Waals surface area contributed by atoms with Gasteiger partial charge in [-0.05, 0) is 0 Å². The summed E-state index contributed by atoms with van der Waals surface area (Å²) in [5, 5.41) is 0. The highest BCUT2D eigenvalue weighted by Gasteiger charge is 1.87. The van der Waals surface area contributed by atoms with Crippen molar-refractivity contribution in [1.82, 2.24) is 5.43 Å². The van der Waals surface area contributed by atoms with E-state index in [0.717, 1.165) is 0 Å². The number of hydrogen-bond acceptors (Lipinski definition) is 1. The molecule has 0 saturated heterocycles. The van der Waals surface area contributed by atoms with E-state index < -0.39 is 0 Å². The van der Waals surface area contributed by atoms with Crippen molar-refractivity contribution in [2.24, 2.45) is 0 Å². The van der Waals surface area contributed by atoms with Gasteiger partial charge in [-0.15, -0.1) is 0 Å². The lowest BCUT2D eigenvalue weighted by Gasteiger charge is -1.83. The van der Waals surface area contributed by atoms with Crippen molar-refractivity contribution in [3.63, 3.8) is 0 Å². The monoisotopic (exact) mass is 89.1 g/mol. The number of hydrogen-bond donors (Lipinski definition) is 2. The standard InChI is InChI=1S/C3H8N2O/c1-2-3(6)5-4/h2,4H2,1H3,(H,5,6)/p+1. The molecule has 36 valence electrons. The zero-order chi connectivity index (χ0) is 4.99. The fraction of sp³-hybridized carbons (Fsp3) is 0.667. The Hall–Kier alpha value is -0.570. The van der Waals surface area contributed by atoms with Crippen LogP contribution in [0, 0.1) is 0 Å². The first kappa shape index (κ1) is 5.43. The Kier molecular flexibility index (Phi) is 2.40. The molecule has 0 aromatic heterocycles. The van der Waals surface area contributed by atoms with E-state index in [2.05, 4.69) is 11.3 Å². The van der Waals surface area contributed by atoms with E-state index in [1.54, 1.807) is 6.92 Å². The lowest BCUT2D eigenvalue weighted by atomic mass is 10.5. The molecule has 0 saturated carbocycles. The summed E-state index contributed by atoms with van der Waals surface area (Å²) >= 11 is 0. The Morgan fingerprint density at radius 3 is 2.50 bits per heavy atom. The van der Waals surface area contributed by atoms with Crippen LogP contribution in [0.5, 0.6) is 0 Å². The van der Waals surface area contributed by atoms with Crippen LogP contribution in [0.2, 0.25) is 0 Å². The van der Waals surface area contributed by atoms with Gasteiger partial charge in [0.25, 0.3) is 5.91 Å². The van der Waals surface area contributed by atoms with Gasteiger partial charge in [0.2, 0.25) is 0 Å².